The summed E-state index contributed by atoms with van der Waals surface area (Å²) in [7, 11) is 0. The Morgan fingerprint density at radius 1 is 1.15 bits per heavy atom. The van der Waals surface area contributed by atoms with Crippen molar-refractivity contribution < 1.29 is 14.4 Å². The second-order valence-electron chi connectivity index (χ2n) is 4.69. The third-order valence-electron chi connectivity index (χ3n) is 3.28. The van der Waals surface area contributed by atoms with E-state index in [1.807, 2.05) is 0 Å². The lowest BCUT2D eigenvalue weighted by molar-refractivity contribution is -0.130. The van der Waals surface area contributed by atoms with E-state index in [1.165, 1.54) is 0 Å². The molecule has 1 aromatic carbocycles. The smallest absolute Gasteiger partial charge is 0.246 e. The van der Waals surface area contributed by atoms with Crippen molar-refractivity contribution in [2.24, 2.45) is 5.73 Å². The standard InChI is InChI=1S/C12H11BrN4O3/c13-6-1-5-7(15-12(20)11(5)14)2-8(6)17-3-9(18)16-10(19)4-17/h1-2,11H,3-4,14H2,(H,15,20)(H,16,18,19). The normalized spacial score (nSPS) is 21.6. The van der Waals surface area contributed by atoms with E-state index < -0.39 is 6.04 Å². The highest BCUT2D eigenvalue weighted by atomic mass is 79.9. The molecule has 1 fully saturated rings. The number of carbonyl (C=O) groups is 3. The first-order valence-electron chi connectivity index (χ1n) is 5.93. The molecule has 1 aromatic rings. The average Bonchev–Trinajstić information content (AvgIpc) is 2.63. The summed E-state index contributed by atoms with van der Waals surface area (Å²) in [5.74, 6) is -0.972. The molecule has 2 aliphatic heterocycles. The number of rotatable bonds is 1. The fourth-order valence-electron chi connectivity index (χ4n) is 2.34. The first-order valence-corrected chi connectivity index (χ1v) is 6.72. The van der Waals surface area contributed by atoms with Gasteiger partial charge in [-0.3, -0.25) is 19.7 Å². The van der Waals surface area contributed by atoms with Gasteiger partial charge in [-0.05, 0) is 28.1 Å². The fraction of sp³-hybridized carbons (Fsp3) is 0.250. The number of nitrogens with two attached hydrogens (primary N) is 1. The van der Waals surface area contributed by atoms with Gasteiger partial charge < -0.3 is 16.0 Å². The lowest BCUT2D eigenvalue weighted by atomic mass is 10.1. The van der Waals surface area contributed by atoms with Crippen LogP contribution in [0.25, 0.3) is 0 Å². The zero-order chi connectivity index (χ0) is 14.4. The number of amides is 3. The molecule has 3 amide bonds. The van der Waals surface area contributed by atoms with Crippen molar-refractivity contribution >= 4 is 45.0 Å². The molecule has 0 aliphatic carbocycles. The van der Waals surface area contributed by atoms with Gasteiger partial charge in [-0.15, -0.1) is 0 Å². The van der Waals surface area contributed by atoms with Crippen LogP contribution in [-0.4, -0.2) is 30.8 Å². The SMILES string of the molecule is NC1C(=O)Nc2cc(N3CC(=O)NC(=O)C3)c(Br)cc21. The molecule has 1 unspecified atom stereocenters. The first kappa shape index (κ1) is 13.1. The van der Waals surface area contributed by atoms with Crippen LogP contribution in [0.1, 0.15) is 11.6 Å². The maximum Gasteiger partial charge on any atom is 0.246 e. The van der Waals surface area contributed by atoms with Crippen LogP contribution < -0.4 is 21.3 Å². The van der Waals surface area contributed by atoms with Crippen molar-refractivity contribution in [1.82, 2.24) is 5.32 Å². The third-order valence-corrected chi connectivity index (χ3v) is 3.92. The van der Waals surface area contributed by atoms with E-state index in [0.717, 1.165) is 0 Å². The van der Waals surface area contributed by atoms with Crippen molar-refractivity contribution in [3.8, 4) is 0 Å². The van der Waals surface area contributed by atoms with Crippen LogP contribution in [0.2, 0.25) is 0 Å². The molecule has 0 spiro atoms. The minimum atomic E-state index is -0.693. The second-order valence-corrected chi connectivity index (χ2v) is 5.54. The molecular weight excluding hydrogens is 328 g/mol. The molecule has 104 valence electrons. The van der Waals surface area contributed by atoms with Crippen LogP contribution >= 0.6 is 15.9 Å². The predicted molar refractivity (Wildman–Crippen MR) is 75.1 cm³/mol. The minimum Gasteiger partial charge on any atom is -0.352 e. The molecule has 7 nitrogen and oxygen atoms in total. The van der Waals surface area contributed by atoms with Crippen LogP contribution in [-0.2, 0) is 14.4 Å². The van der Waals surface area contributed by atoms with Gasteiger partial charge in [-0.2, -0.15) is 0 Å². The molecule has 0 aromatic heterocycles. The summed E-state index contributed by atoms with van der Waals surface area (Å²) < 4.78 is 0.686. The topological polar surface area (TPSA) is 105 Å². The van der Waals surface area contributed by atoms with E-state index >= 15 is 0 Å². The van der Waals surface area contributed by atoms with Crippen molar-refractivity contribution in [2.45, 2.75) is 6.04 Å². The average molecular weight is 339 g/mol. The largest absolute Gasteiger partial charge is 0.352 e. The molecular formula is C12H11BrN4O3. The summed E-state index contributed by atoms with van der Waals surface area (Å²) in [4.78, 5) is 36.0. The van der Waals surface area contributed by atoms with Crippen LogP contribution in [0, 0.1) is 0 Å². The molecule has 8 heteroatoms. The van der Waals surface area contributed by atoms with E-state index in [4.69, 9.17) is 5.73 Å². The highest BCUT2D eigenvalue weighted by molar-refractivity contribution is 9.10. The van der Waals surface area contributed by atoms with Gasteiger partial charge in [0.25, 0.3) is 0 Å². The summed E-state index contributed by atoms with van der Waals surface area (Å²) in [6.45, 7) is 0.173. The van der Waals surface area contributed by atoms with Crippen molar-refractivity contribution in [1.29, 1.82) is 0 Å². The number of nitrogens with one attached hydrogen (secondary N) is 2. The van der Waals surface area contributed by atoms with Crippen molar-refractivity contribution in [2.75, 3.05) is 23.3 Å². The number of hydrogen-bond donors (Lipinski definition) is 3. The molecule has 0 bridgehead atoms. The van der Waals surface area contributed by atoms with E-state index in [2.05, 4.69) is 26.6 Å². The molecule has 0 saturated carbocycles. The number of carbonyl (C=O) groups excluding carboxylic acids is 3. The van der Waals surface area contributed by atoms with Crippen molar-refractivity contribution in [3.63, 3.8) is 0 Å². The maximum absolute atomic E-state index is 11.6. The molecule has 1 saturated heterocycles. The van der Waals surface area contributed by atoms with Gasteiger partial charge in [0.15, 0.2) is 0 Å². The molecule has 2 aliphatic rings. The Balaban J connectivity index is 1.99. The van der Waals surface area contributed by atoms with Crippen molar-refractivity contribution in [3.05, 3.63) is 22.2 Å². The lowest BCUT2D eigenvalue weighted by Crippen LogP contribution is -2.51. The highest BCUT2D eigenvalue weighted by Crippen LogP contribution is 2.38. The summed E-state index contributed by atoms with van der Waals surface area (Å²) in [6, 6.07) is 2.77. The molecule has 3 rings (SSSR count). The van der Waals surface area contributed by atoms with Gasteiger partial charge >= 0.3 is 0 Å². The molecule has 4 N–H and O–H groups in total. The van der Waals surface area contributed by atoms with Gasteiger partial charge in [0.2, 0.25) is 17.7 Å². The fourth-order valence-corrected chi connectivity index (χ4v) is 2.96. The second kappa shape index (κ2) is 4.57. The summed E-state index contributed by atoms with van der Waals surface area (Å²) in [5.41, 5.74) is 7.74. The minimum absolute atomic E-state index is 0.0864. The van der Waals surface area contributed by atoms with Crippen LogP contribution in [0.5, 0.6) is 0 Å². The molecule has 2 heterocycles. The van der Waals surface area contributed by atoms with Crippen LogP contribution in [0.3, 0.4) is 0 Å². The number of halogens is 1. The summed E-state index contributed by atoms with van der Waals surface area (Å²) >= 11 is 3.39. The van der Waals surface area contributed by atoms with Crippen LogP contribution in [0.4, 0.5) is 11.4 Å². The summed E-state index contributed by atoms with van der Waals surface area (Å²) in [6.07, 6.45) is 0. The highest BCUT2D eigenvalue weighted by Gasteiger charge is 2.30. The van der Waals surface area contributed by atoms with E-state index in [-0.39, 0.29) is 30.8 Å². The number of hydrogen-bond acceptors (Lipinski definition) is 5. The number of fused-ring (bicyclic) bond motifs is 1. The quantitative estimate of drug-likeness (QED) is 0.618. The first-order chi connectivity index (χ1) is 9.45. The van der Waals surface area contributed by atoms with Gasteiger partial charge in [0, 0.05) is 15.7 Å². The number of imide groups is 1. The monoisotopic (exact) mass is 338 g/mol. The number of nitrogens with zero attached hydrogens (tertiary/aromatic N) is 1. The Morgan fingerprint density at radius 3 is 2.45 bits per heavy atom. The molecule has 1 atom stereocenters. The Hall–Kier alpha value is -1.93. The lowest BCUT2D eigenvalue weighted by Gasteiger charge is -2.28. The predicted octanol–water partition coefficient (Wildman–Crippen LogP) is -0.136. The Kier molecular flexibility index (Phi) is 2.98. The van der Waals surface area contributed by atoms with Gasteiger partial charge in [0.1, 0.15) is 6.04 Å². The van der Waals surface area contributed by atoms with Gasteiger partial charge in [-0.1, -0.05) is 0 Å². The Labute approximate surface area is 122 Å². The van der Waals surface area contributed by atoms with E-state index in [9.17, 15) is 14.4 Å². The Morgan fingerprint density at radius 2 is 1.80 bits per heavy atom. The van der Waals surface area contributed by atoms with E-state index in [1.54, 1.807) is 17.0 Å². The number of anilines is 2. The van der Waals surface area contributed by atoms with Gasteiger partial charge in [-0.25, -0.2) is 0 Å². The molecule has 0 radical (unpaired) electrons. The van der Waals surface area contributed by atoms with E-state index in [0.29, 0.717) is 21.4 Å². The number of benzene rings is 1. The maximum atomic E-state index is 11.6. The Bertz CT molecular complexity index is 630. The zero-order valence-corrected chi connectivity index (χ0v) is 11.9. The zero-order valence-electron chi connectivity index (χ0n) is 10.3. The number of piperazine rings is 1. The van der Waals surface area contributed by atoms with Crippen LogP contribution in [0.15, 0.2) is 16.6 Å². The summed E-state index contributed by atoms with van der Waals surface area (Å²) in [5, 5.41) is 4.92. The third kappa shape index (κ3) is 2.06. The molecule has 20 heavy (non-hydrogen) atoms. The van der Waals surface area contributed by atoms with Gasteiger partial charge in [0.05, 0.1) is 18.8 Å².